The minimum Gasteiger partial charge on any atom is -0.480 e. The molecule has 1 aliphatic heterocycles. The number of amides is 1. The van der Waals surface area contributed by atoms with Gasteiger partial charge in [-0.3, -0.25) is 9.69 Å². The molecule has 1 amide bonds. The Labute approximate surface area is 215 Å². The molecule has 3 aromatic heterocycles. The second kappa shape index (κ2) is 10.4. The van der Waals surface area contributed by atoms with Crippen molar-refractivity contribution in [3.8, 4) is 17.1 Å². The quantitative estimate of drug-likeness (QED) is 0.373. The first-order valence-electron chi connectivity index (χ1n) is 11.3. The molecule has 39 heavy (non-hydrogen) atoms. The van der Waals surface area contributed by atoms with Crippen LogP contribution in [0.2, 0.25) is 0 Å². The summed E-state index contributed by atoms with van der Waals surface area (Å²) in [6.07, 6.45) is -12.2. The third-order valence-electron chi connectivity index (χ3n) is 6.05. The van der Waals surface area contributed by atoms with E-state index < -0.39 is 66.4 Å². The summed E-state index contributed by atoms with van der Waals surface area (Å²) >= 11 is 0. The molecule has 0 aromatic carbocycles. The molecule has 3 aromatic rings. The Kier molecular flexibility index (Phi) is 7.57. The summed E-state index contributed by atoms with van der Waals surface area (Å²) in [5, 5.41) is 15.9. The van der Waals surface area contributed by atoms with Crippen molar-refractivity contribution in [3.05, 3.63) is 35.8 Å². The minimum atomic E-state index is -4.80. The smallest absolute Gasteiger partial charge is 0.418 e. The molecule has 1 aliphatic rings. The number of ether oxygens (including phenoxy) is 1. The first kappa shape index (κ1) is 28.3. The number of aliphatic hydroxyl groups excluding tert-OH is 1. The van der Waals surface area contributed by atoms with Crippen molar-refractivity contribution in [3.63, 3.8) is 0 Å². The molecule has 4 N–H and O–H groups in total. The fraction of sp³-hybridized carbons (Fsp3) is 0.455. The van der Waals surface area contributed by atoms with Crippen molar-refractivity contribution in [1.29, 1.82) is 0 Å². The van der Waals surface area contributed by atoms with Gasteiger partial charge in [0, 0.05) is 31.4 Å². The van der Waals surface area contributed by atoms with Gasteiger partial charge in [-0.05, 0) is 12.1 Å². The number of hydrogen-bond acceptors (Lipinski definition) is 8. The summed E-state index contributed by atoms with van der Waals surface area (Å²) in [5.74, 6) is -1.53. The number of β-amino-alcohol motifs (C(OH)–C–C–N with tert-alkyl or cyclic N) is 1. The molecule has 0 spiro atoms. The summed E-state index contributed by atoms with van der Waals surface area (Å²) in [6, 6.07) is 0.793. The number of pyridine rings is 1. The molecule has 1 saturated heterocycles. The minimum absolute atomic E-state index is 0.0182. The highest BCUT2D eigenvalue weighted by Crippen LogP contribution is 2.39. The lowest BCUT2D eigenvalue weighted by Gasteiger charge is -2.20. The van der Waals surface area contributed by atoms with Crippen LogP contribution in [0.5, 0.6) is 5.88 Å². The molecule has 3 atom stereocenters. The predicted molar refractivity (Wildman–Crippen MR) is 121 cm³/mol. The van der Waals surface area contributed by atoms with Gasteiger partial charge in [0.05, 0.1) is 36.9 Å². The molecular formula is C22H22F7N7O3. The molecular weight excluding hydrogens is 543 g/mol. The van der Waals surface area contributed by atoms with Crippen LogP contribution in [0, 0.1) is 0 Å². The summed E-state index contributed by atoms with van der Waals surface area (Å²) in [5.41, 5.74) is 3.70. The number of carbonyl (C=O) groups is 1. The maximum atomic E-state index is 14.6. The number of nitrogens with two attached hydrogens (primary N) is 1. The van der Waals surface area contributed by atoms with Crippen LogP contribution in [0.15, 0.2) is 24.7 Å². The number of nitrogens with zero attached hydrogens (tertiary/aromatic N) is 5. The number of aliphatic hydroxyl groups is 1. The molecule has 10 nitrogen and oxygen atoms in total. The zero-order chi connectivity index (χ0) is 28.7. The Bertz CT molecular complexity index is 1360. The molecule has 0 bridgehead atoms. The molecule has 3 unspecified atom stereocenters. The first-order chi connectivity index (χ1) is 18.2. The standard InChI is InChI=1S/C22H22F7N7O3/c1-39-20-12(19(38)34-15-8-35(7-14(15)23)6-11(37)4-21(24,25)26)2-10(5-31-20)16-3-13(22(27,28)29)17-18(30)32-9-33-36(16)17/h2-3,5,9,11,14-15,37H,4,6-8H2,1H3,(H,34,38)(H2,30,32,33). The summed E-state index contributed by atoms with van der Waals surface area (Å²) in [6.45, 7) is -0.973. The molecule has 4 rings (SSSR count). The van der Waals surface area contributed by atoms with Crippen molar-refractivity contribution < 1.29 is 45.4 Å². The van der Waals surface area contributed by atoms with Crippen molar-refractivity contribution in [2.45, 2.75) is 37.1 Å². The van der Waals surface area contributed by atoms with E-state index in [-0.39, 0.29) is 35.8 Å². The number of halogens is 7. The number of alkyl halides is 7. The number of rotatable bonds is 7. The lowest BCUT2D eigenvalue weighted by atomic mass is 10.1. The Balaban J connectivity index is 1.59. The van der Waals surface area contributed by atoms with E-state index in [2.05, 4.69) is 20.4 Å². The highest BCUT2D eigenvalue weighted by Gasteiger charge is 2.39. The van der Waals surface area contributed by atoms with Gasteiger partial charge in [0.2, 0.25) is 5.88 Å². The van der Waals surface area contributed by atoms with Gasteiger partial charge in [0.25, 0.3) is 5.91 Å². The van der Waals surface area contributed by atoms with Crippen molar-refractivity contribution in [2.75, 3.05) is 32.5 Å². The van der Waals surface area contributed by atoms with Gasteiger partial charge in [-0.25, -0.2) is 18.9 Å². The number of aromatic nitrogens is 4. The van der Waals surface area contributed by atoms with Gasteiger partial charge >= 0.3 is 12.4 Å². The van der Waals surface area contributed by atoms with Crippen molar-refractivity contribution in [2.24, 2.45) is 0 Å². The maximum Gasteiger partial charge on any atom is 0.418 e. The van der Waals surface area contributed by atoms with Crippen LogP contribution in [-0.4, -0.2) is 86.7 Å². The molecule has 4 heterocycles. The second-order valence-electron chi connectivity index (χ2n) is 8.92. The number of carbonyl (C=O) groups excluding carboxylic acids is 1. The lowest BCUT2D eigenvalue weighted by Crippen LogP contribution is -2.42. The molecule has 0 saturated carbocycles. The average molecular weight is 565 g/mol. The zero-order valence-corrected chi connectivity index (χ0v) is 20.1. The molecule has 17 heteroatoms. The zero-order valence-electron chi connectivity index (χ0n) is 20.1. The monoisotopic (exact) mass is 565 g/mol. The molecule has 0 aliphatic carbocycles. The van der Waals surface area contributed by atoms with E-state index >= 15 is 0 Å². The number of likely N-dealkylation sites (tertiary alicyclic amines) is 1. The fourth-order valence-corrected chi connectivity index (χ4v) is 4.41. The lowest BCUT2D eigenvalue weighted by molar-refractivity contribution is -0.155. The molecule has 212 valence electrons. The number of methoxy groups -OCH3 is 1. The Morgan fingerprint density at radius 2 is 1.95 bits per heavy atom. The summed E-state index contributed by atoms with van der Waals surface area (Å²) in [4.78, 5) is 21.9. The second-order valence-corrected chi connectivity index (χ2v) is 8.92. The van der Waals surface area contributed by atoms with E-state index in [1.54, 1.807) is 0 Å². The molecule has 1 fully saturated rings. The van der Waals surface area contributed by atoms with Crippen LogP contribution in [0.25, 0.3) is 16.8 Å². The summed E-state index contributed by atoms with van der Waals surface area (Å²) < 4.78 is 99.1. The van der Waals surface area contributed by atoms with E-state index in [0.717, 1.165) is 23.1 Å². The topological polar surface area (TPSA) is 131 Å². The Morgan fingerprint density at radius 3 is 2.59 bits per heavy atom. The SMILES string of the molecule is COc1ncc(-c2cc(C(F)(F)F)c3c(N)ncnn23)cc1C(=O)NC1CN(CC(O)CC(F)(F)F)CC1F. The number of nitrogen functional groups attached to an aromatic ring is 1. The Morgan fingerprint density at radius 1 is 1.23 bits per heavy atom. The number of fused-ring (bicyclic) bond motifs is 1. The predicted octanol–water partition coefficient (Wildman–Crippen LogP) is 2.47. The van der Waals surface area contributed by atoms with E-state index in [1.807, 2.05) is 0 Å². The van der Waals surface area contributed by atoms with Crippen LogP contribution >= 0.6 is 0 Å². The normalized spacial score (nSPS) is 19.4. The van der Waals surface area contributed by atoms with Gasteiger partial charge in [0.15, 0.2) is 5.82 Å². The van der Waals surface area contributed by atoms with Crippen LogP contribution in [0.1, 0.15) is 22.3 Å². The maximum absolute atomic E-state index is 14.6. The average Bonchev–Trinajstić information content (AvgIpc) is 3.38. The van der Waals surface area contributed by atoms with Gasteiger partial charge in [-0.15, -0.1) is 0 Å². The largest absolute Gasteiger partial charge is 0.480 e. The summed E-state index contributed by atoms with van der Waals surface area (Å²) in [7, 11) is 1.19. The van der Waals surface area contributed by atoms with Crippen LogP contribution in [-0.2, 0) is 6.18 Å². The Hall–Kier alpha value is -3.73. The third kappa shape index (κ3) is 6.13. The van der Waals surface area contributed by atoms with Crippen LogP contribution < -0.4 is 15.8 Å². The third-order valence-corrected chi connectivity index (χ3v) is 6.05. The van der Waals surface area contributed by atoms with E-state index in [1.165, 1.54) is 18.1 Å². The van der Waals surface area contributed by atoms with E-state index in [9.17, 15) is 40.6 Å². The van der Waals surface area contributed by atoms with Gasteiger partial charge in [-0.2, -0.15) is 31.4 Å². The highest BCUT2D eigenvalue weighted by molar-refractivity contribution is 5.98. The first-order valence-corrected chi connectivity index (χ1v) is 11.3. The van der Waals surface area contributed by atoms with Crippen LogP contribution in [0.3, 0.4) is 0 Å². The van der Waals surface area contributed by atoms with E-state index in [0.29, 0.717) is 0 Å². The van der Waals surface area contributed by atoms with Crippen molar-refractivity contribution in [1.82, 2.24) is 29.8 Å². The van der Waals surface area contributed by atoms with Gasteiger partial charge in [0.1, 0.15) is 23.6 Å². The van der Waals surface area contributed by atoms with Crippen molar-refractivity contribution >= 4 is 17.2 Å². The number of anilines is 1. The fourth-order valence-electron chi connectivity index (χ4n) is 4.41. The van der Waals surface area contributed by atoms with Crippen LogP contribution in [0.4, 0.5) is 36.6 Å². The number of hydrogen-bond donors (Lipinski definition) is 3. The molecule has 0 radical (unpaired) electrons. The number of nitrogens with one attached hydrogen (secondary N) is 1. The van der Waals surface area contributed by atoms with Gasteiger partial charge < -0.3 is 20.9 Å². The van der Waals surface area contributed by atoms with E-state index in [4.69, 9.17) is 10.5 Å². The van der Waals surface area contributed by atoms with Gasteiger partial charge in [-0.1, -0.05) is 0 Å². The highest BCUT2D eigenvalue weighted by atomic mass is 19.4.